The molecule has 1 N–H and O–H groups in total. The second-order valence-corrected chi connectivity index (χ2v) is 3.05. The molecule has 1 radical (unpaired) electrons. The number of carbonyl (C=O) groups is 1. The molecule has 0 fully saturated rings. The molecule has 0 aliphatic rings. The van der Waals surface area contributed by atoms with E-state index in [1.807, 2.05) is 4.90 Å². The molecule has 3 heteroatoms. The Balaban J connectivity index is 4.41. The van der Waals surface area contributed by atoms with Crippen LogP contribution in [-0.4, -0.2) is 30.1 Å². The Hall–Kier alpha value is -1.35. The Morgan fingerprint density at radius 3 is 2.13 bits per heavy atom. The van der Waals surface area contributed by atoms with Crippen molar-refractivity contribution in [3.63, 3.8) is 0 Å². The van der Waals surface area contributed by atoms with Crippen molar-refractivity contribution >= 4 is 5.91 Å². The van der Waals surface area contributed by atoms with Crippen molar-refractivity contribution in [1.29, 1.82) is 0 Å². The van der Waals surface area contributed by atoms with Crippen LogP contribution in [0.3, 0.4) is 0 Å². The van der Waals surface area contributed by atoms with Crippen molar-refractivity contribution < 1.29 is 4.79 Å². The van der Waals surface area contributed by atoms with Gasteiger partial charge in [-0.25, -0.2) is 0 Å². The Labute approximate surface area is 92.2 Å². The predicted molar refractivity (Wildman–Crippen MR) is 64.1 cm³/mol. The van der Waals surface area contributed by atoms with E-state index in [-0.39, 0.29) is 12.1 Å². The van der Waals surface area contributed by atoms with E-state index in [1.54, 1.807) is 12.2 Å². The van der Waals surface area contributed by atoms with Gasteiger partial charge in [-0.2, -0.15) is 0 Å². The number of amides is 1. The highest BCUT2D eigenvalue weighted by Gasteiger charge is 2.15. The first kappa shape index (κ1) is 13.7. The molecule has 0 aromatic heterocycles. The van der Waals surface area contributed by atoms with Gasteiger partial charge in [0.1, 0.15) is 0 Å². The van der Waals surface area contributed by atoms with E-state index in [2.05, 4.69) is 32.0 Å². The van der Waals surface area contributed by atoms with Crippen LogP contribution in [0.5, 0.6) is 0 Å². The summed E-state index contributed by atoms with van der Waals surface area (Å²) < 4.78 is 0. The molecular weight excluding hydrogens is 188 g/mol. The molecule has 83 valence electrons. The summed E-state index contributed by atoms with van der Waals surface area (Å²) in [5.74, 6) is -0.193. The van der Waals surface area contributed by atoms with E-state index in [4.69, 9.17) is 0 Å². The van der Waals surface area contributed by atoms with Crippen LogP contribution in [0.2, 0.25) is 0 Å². The third kappa shape index (κ3) is 5.18. The minimum absolute atomic E-state index is 0.105. The van der Waals surface area contributed by atoms with Crippen LogP contribution >= 0.6 is 0 Å². The highest BCUT2D eigenvalue weighted by Crippen LogP contribution is 2.01. The second kappa shape index (κ2) is 8.00. The average Bonchev–Trinajstić information content (AvgIpc) is 2.25. The molecule has 1 amide bonds. The SMILES string of the molecule is [CH2]CC(NC(=O)C=C)N(CC=C)CC=C. The van der Waals surface area contributed by atoms with Gasteiger partial charge in [0.05, 0.1) is 6.17 Å². The minimum atomic E-state index is -0.193. The summed E-state index contributed by atoms with van der Waals surface area (Å²) in [6.45, 7) is 15.9. The van der Waals surface area contributed by atoms with Crippen molar-refractivity contribution in [2.45, 2.75) is 12.6 Å². The van der Waals surface area contributed by atoms with Crippen LogP contribution in [0.15, 0.2) is 38.0 Å². The molecule has 0 saturated heterocycles. The lowest BCUT2D eigenvalue weighted by atomic mass is 10.3. The quantitative estimate of drug-likeness (QED) is 0.372. The van der Waals surface area contributed by atoms with E-state index in [9.17, 15) is 4.79 Å². The fourth-order valence-electron chi connectivity index (χ4n) is 1.23. The highest BCUT2D eigenvalue weighted by molar-refractivity contribution is 5.87. The maximum Gasteiger partial charge on any atom is 0.244 e. The smallest absolute Gasteiger partial charge is 0.244 e. The molecule has 0 rings (SSSR count). The molecule has 0 saturated carbocycles. The van der Waals surface area contributed by atoms with Crippen molar-refractivity contribution in [3.05, 3.63) is 44.9 Å². The van der Waals surface area contributed by atoms with E-state index in [0.29, 0.717) is 19.5 Å². The van der Waals surface area contributed by atoms with Gasteiger partial charge >= 0.3 is 0 Å². The van der Waals surface area contributed by atoms with Gasteiger partial charge in [-0.1, -0.05) is 18.7 Å². The first-order chi connectivity index (χ1) is 7.19. The molecule has 0 bridgehead atoms. The number of nitrogens with zero attached hydrogens (tertiary/aromatic N) is 1. The Morgan fingerprint density at radius 1 is 1.27 bits per heavy atom. The van der Waals surface area contributed by atoms with Crippen LogP contribution in [-0.2, 0) is 4.79 Å². The van der Waals surface area contributed by atoms with Crippen LogP contribution in [0.25, 0.3) is 0 Å². The van der Waals surface area contributed by atoms with E-state index < -0.39 is 0 Å². The lowest BCUT2D eigenvalue weighted by Gasteiger charge is -2.29. The molecule has 0 aromatic rings. The molecular formula is C12H19N2O. The Bertz CT molecular complexity index is 226. The largest absolute Gasteiger partial charge is 0.337 e. The van der Waals surface area contributed by atoms with Crippen LogP contribution < -0.4 is 5.32 Å². The van der Waals surface area contributed by atoms with E-state index >= 15 is 0 Å². The molecule has 0 aromatic carbocycles. The topological polar surface area (TPSA) is 32.3 Å². The maximum atomic E-state index is 11.2. The number of carbonyl (C=O) groups excluding carboxylic acids is 1. The molecule has 1 unspecified atom stereocenters. The summed E-state index contributed by atoms with van der Waals surface area (Å²) >= 11 is 0. The van der Waals surface area contributed by atoms with Crippen LogP contribution in [0.1, 0.15) is 6.42 Å². The monoisotopic (exact) mass is 207 g/mol. The fraction of sp³-hybridized carbons (Fsp3) is 0.333. The summed E-state index contributed by atoms with van der Waals surface area (Å²) in [6, 6.07) is 0. The molecule has 0 aliphatic carbocycles. The molecule has 0 spiro atoms. The van der Waals surface area contributed by atoms with Crippen molar-refractivity contribution in [3.8, 4) is 0 Å². The number of hydrogen-bond acceptors (Lipinski definition) is 2. The number of hydrogen-bond donors (Lipinski definition) is 1. The van der Waals surface area contributed by atoms with Gasteiger partial charge in [0.2, 0.25) is 5.91 Å². The van der Waals surface area contributed by atoms with Crippen LogP contribution in [0.4, 0.5) is 0 Å². The van der Waals surface area contributed by atoms with Gasteiger partial charge < -0.3 is 5.32 Å². The third-order valence-corrected chi connectivity index (χ3v) is 1.94. The third-order valence-electron chi connectivity index (χ3n) is 1.94. The summed E-state index contributed by atoms with van der Waals surface area (Å²) in [6.07, 6.45) is 5.30. The van der Waals surface area contributed by atoms with Crippen molar-refractivity contribution in [2.24, 2.45) is 0 Å². The lowest BCUT2D eigenvalue weighted by Crippen LogP contribution is -2.47. The van der Waals surface area contributed by atoms with Gasteiger partial charge in [-0.3, -0.25) is 9.69 Å². The second-order valence-electron chi connectivity index (χ2n) is 3.05. The normalized spacial score (nSPS) is 11.9. The molecule has 15 heavy (non-hydrogen) atoms. The van der Waals surface area contributed by atoms with Crippen molar-refractivity contribution in [1.82, 2.24) is 10.2 Å². The first-order valence-corrected chi connectivity index (χ1v) is 4.87. The van der Waals surface area contributed by atoms with E-state index in [1.165, 1.54) is 6.08 Å². The molecule has 0 heterocycles. The van der Waals surface area contributed by atoms with Gasteiger partial charge in [0, 0.05) is 13.1 Å². The van der Waals surface area contributed by atoms with Gasteiger partial charge in [0.15, 0.2) is 0 Å². The van der Waals surface area contributed by atoms with Crippen LogP contribution in [0, 0.1) is 6.92 Å². The van der Waals surface area contributed by atoms with E-state index in [0.717, 1.165) is 0 Å². The Kier molecular flexibility index (Phi) is 7.28. The number of nitrogens with one attached hydrogen (secondary N) is 1. The zero-order chi connectivity index (χ0) is 11.7. The highest BCUT2D eigenvalue weighted by atomic mass is 16.1. The van der Waals surface area contributed by atoms with Gasteiger partial charge in [-0.15, -0.1) is 13.2 Å². The van der Waals surface area contributed by atoms with Gasteiger partial charge in [0.25, 0.3) is 0 Å². The summed E-state index contributed by atoms with van der Waals surface area (Å²) in [4.78, 5) is 13.2. The zero-order valence-electron chi connectivity index (χ0n) is 9.11. The predicted octanol–water partition coefficient (Wildman–Crippen LogP) is 1.51. The summed E-state index contributed by atoms with van der Waals surface area (Å²) in [5.41, 5.74) is 0. The first-order valence-electron chi connectivity index (χ1n) is 4.87. The number of rotatable bonds is 8. The van der Waals surface area contributed by atoms with Crippen molar-refractivity contribution in [2.75, 3.05) is 13.1 Å². The summed E-state index contributed by atoms with van der Waals surface area (Å²) in [5, 5.41) is 2.80. The zero-order valence-corrected chi connectivity index (χ0v) is 9.11. The Morgan fingerprint density at radius 2 is 1.80 bits per heavy atom. The molecule has 1 atom stereocenters. The standard InChI is InChI=1S/C12H19N2O/c1-5-9-14(10-6-2)11(7-3)13-12(15)8-4/h5-6,8,11H,1-4,7,9-10H2,(H,13,15). The minimum Gasteiger partial charge on any atom is -0.337 e. The fourth-order valence-corrected chi connectivity index (χ4v) is 1.23. The maximum absolute atomic E-state index is 11.2. The molecule has 0 aliphatic heterocycles. The summed E-state index contributed by atoms with van der Waals surface area (Å²) in [7, 11) is 0. The lowest BCUT2D eigenvalue weighted by molar-refractivity contribution is -0.118. The molecule has 3 nitrogen and oxygen atoms in total. The average molecular weight is 207 g/mol. The van der Waals surface area contributed by atoms with Gasteiger partial charge in [-0.05, 0) is 19.4 Å².